The van der Waals surface area contributed by atoms with Crippen LogP contribution in [0, 0.1) is 0 Å². The summed E-state index contributed by atoms with van der Waals surface area (Å²) in [5.41, 5.74) is 2.88. The topological polar surface area (TPSA) is 21.3 Å². The van der Waals surface area contributed by atoms with Gasteiger partial charge < -0.3 is 10.1 Å². The molecule has 2 rings (SSSR count). The summed E-state index contributed by atoms with van der Waals surface area (Å²) in [7, 11) is 0. The maximum Gasteiger partial charge on any atom is 0.0721 e. The number of hydrogen-bond acceptors (Lipinski definition) is 2. The molecular formula is C16H25NO. The molecule has 18 heavy (non-hydrogen) atoms. The Labute approximate surface area is 111 Å². The van der Waals surface area contributed by atoms with Crippen LogP contribution >= 0.6 is 0 Å². The van der Waals surface area contributed by atoms with E-state index in [0.29, 0.717) is 6.10 Å². The average molecular weight is 247 g/mol. The molecule has 0 aromatic heterocycles. The van der Waals surface area contributed by atoms with Crippen molar-refractivity contribution in [3.05, 3.63) is 35.4 Å². The highest BCUT2D eigenvalue weighted by molar-refractivity contribution is 5.27. The van der Waals surface area contributed by atoms with Crippen LogP contribution in [-0.2, 0) is 16.8 Å². The van der Waals surface area contributed by atoms with E-state index in [1.165, 1.54) is 24.0 Å². The summed E-state index contributed by atoms with van der Waals surface area (Å²) in [6, 6.07) is 8.82. The molecule has 100 valence electrons. The zero-order chi connectivity index (χ0) is 13.0. The maximum absolute atomic E-state index is 5.93. The van der Waals surface area contributed by atoms with Gasteiger partial charge in [-0.2, -0.15) is 0 Å². The van der Waals surface area contributed by atoms with Crippen LogP contribution in [0.3, 0.4) is 0 Å². The van der Waals surface area contributed by atoms with Gasteiger partial charge in [0.05, 0.1) is 12.7 Å². The van der Waals surface area contributed by atoms with Crippen LogP contribution in [0.4, 0.5) is 0 Å². The van der Waals surface area contributed by atoms with Crippen LogP contribution in [0.15, 0.2) is 24.3 Å². The monoisotopic (exact) mass is 247 g/mol. The van der Waals surface area contributed by atoms with Crippen LogP contribution in [-0.4, -0.2) is 19.2 Å². The lowest BCUT2D eigenvalue weighted by molar-refractivity contribution is 0.0253. The molecule has 2 heteroatoms. The second-order valence-corrected chi connectivity index (χ2v) is 6.23. The minimum Gasteiger partial charge on any atom is -0.372 e. The summed E-state index contributed by atoms with van der Waals surface area (Å²) in [4.78, 5) is 0. The Morgan fingerprint density at radius 3 is 2.50 bits per heavy atom. The zero-order valence-corrected chi connectivity index (χ0v) is 11.8. The average Bonchev–Trinajstić information content (AvgIpc) is 2.37. The van der Waals surface area contributed by atoms with Gasteiger partial charge in [-0.25, -0.2) is 0 Å². The van der Waals surface area contributed by atoms with E-state index >= 15 is 0 Å². The minimum atomic E-state index is 0.229. The highest BCUT2D eigenvalue weighted by Gasteiger charge is 2.14. The highest BCUT2D eigenvalue weighted by atomic mass is 16.5. The van der Waals surface area contributed by atoms with Gasteiger partial charge in [0, 0.05) is 6.54 Å². The quantitative estimate of drug-likeness (QED) is 0.885. The zero-order valence-electron chi connectivity index (χ0n) is 11.8. The molecule has 1 aliphatic rings. The fraction of sp³-hybridized carbons (Fsp3) is 0.625. The summed E-state index contributed by atoms with van der Waals surface area (Å²) in [6.07, 6.45) is 2.81. The molecule has 1 aromatic rings. The normalized spacial score (nSPS) is 20.9. The maximum atomic E-state index is 5.93. The Bertz CT molecular complexity index is 358. The van der Waals surface area contributed by atoms with E-state index in [1.54, 1.807) is 0 Å². The molecule has 0 saturated carbocycles. The van der Waals surface area contributed by atoms with Crippen molar-refractivity contribution in [2.45, 2.75) is 51.7 Å². The summed E-state index contributed by atoms with van der Waals surface area (Å²) in [6.45, 7) is 9.60. The summed E-state index contributed by atoms with van der Waals surface area (Å²) < 4.78 is 5.93. The Hall–Kier alpha value is -0.860. The molecule has 0 amide bonds. The summed E-state index contributed by atoms with van der Waals surface area (Å²) in [5.74, 6) is 0. The molecule has 1 saturated heterocycles. The molecule has 1 atom stereocenters. The molecule has 2 nitrogen and oxygen atoms in total. The van der Waals surface area contributed by atoms with Crippen molar-refractivity contribution < 1.29 is 4.74 Å². The number of rotatable bonds is 3. The third-order valence-corrected chi connectivity index (χ3v) is 3.56. The molecule has 0 aliphatic carbocycles. The molecule has 0 bridgehead atoms. The smallest absolute Gasteiger partial charge is 0.0721 e. The number of benzene rings is 1. The minimum absolute atomic E-state index is 0.229. The number of ether oxygens (including phenoxy) is 1. The highest BCUT2D eigenvalue weighted by Crippen LogP contribution is 2.22. The summed E-state index contributed by atoms with van der Waals surface area (Å²) >= 11 is 0. The summed E-state index contributed by atoms with van der Waals surface area (Å²) in [5, 5.41) is 3.38. The molecule has 1 heterocycles. The van der Waals surface area contributed by atoms with Gasteiger partial charge in [-0.3, -0.25) is 0 Å². The van der Waals surface area contributed by atoms with Crippen LogP contribution in [0.25, 0.3) is 0 Å². The first-order valence-electron chi connectivity index (χ1n) is 6.97. The standard InChI is InChI=1S/C16H25NO/c1-16(2,3)14-8-6-13(7-9-14)12-18-15-5-4-10-17-11-15/h6-9,15,17H,4-5,10-12H2,1-3H3/t15-/m1/s1. The van der Waals surface area contributed by atoms with Crippen molar-refractivity contribution in [2.75, 3.05) is 13.1 Å². The second kappa shape index (κ2) is 5.85. The first-order chi connectivity index (χ1) is 8.55. The van der Waals surface area contributed by atoms with E-state index < -0.39 is 0 Å². The lowest BCUT2D eigenvalue weighted by Crippen LogP contribution is -2.35. The van der Waals surface area contributed by atoms with Gasteiger partial charge >= 0.3 is 0 Å². The van der Waals surface area contributed by atoms with Gasteiger partial charge in [0.2, 0.25) is 0 Å². The Morgan fingerprint density at radius 1 is 1.22 bits per heavy atom. The van der Waals surface area contributed by atoms with Gasteiger partial charge in [0.1, 0.15) is 0 Å². The van der Waals surface area contributed by atoms with Gasteiger partial charge in [0.15, 0.2) is 0 Å². The predicted molar refractivity (Wildman–Crippen MR) is 75.8 cm³/mol. The third-order valence-electron chi connectivity index (χ3n) is 3.56. The molecule has 0 unspecified atom stereocenters. The van der Waals surface area contributed by atoms with Gasteiger partial charge in [-0.15, -0.1) is 0 Å². The Kier molecular flexibility index (Phi) is 4.41. The van der Waals surface area contributed by atoms with Crippen molar-refractivity contribution in [1.29, 1.82) is 0 Å². The number of piperidine rings is 1. The van der Waals surface area contributed by atoms with Crippen LogP contribution in [0.5, 0.6) is 0 Å². The number of hydrogen-bond donors (Lipinski definition) is 1. The first kappa shape index (κ1) is 13.6. The second-order valence-electron chi connectivity index (χ2n) is 6.23. The molecular weight excluding hydrogens is 222 g/mol. The molecule has 1 N–H and O–H groups in total. The van der Waals surface area contributed by atoms with E-state index in [4.69, 9.17) is 4.74 Å². The van der Waals surface area contributed by atoms with Crippen LogP contribution < -0.4 is 5.32 Å². The third kappa shape index (κ3) is 3.82. The number of nitrogens with one attached hydrogen (secondary N) is 1. The van der Waals surface area contributed by atoms with Crippen LogP contribution in [0.1, 0.15) is 44.7 Å². The van der Waals surface area contributed by atoms with E-state index in [2.05, 4.69) is 50.4 Å². The van der Waals surface area contributed by atoms with Crippen molar-refractivity contribution in [2.24, 2.45) is 0 Å². The fourth-order valence-electron chi connectivity index (χ4n) is 2.28. The molecule has 1 aromatic carbocycles. The SMILES string of the molecule is CC(C)(C)c1ccc(CO[C@@H]2CCCNC2)cc1. The van der Waals surface area contributed by atoms with E-state index in [1.807, 2.05) is 0 Å². The first-order valence-corrected chi connectivity index (χ1v) is 6.97. The van der Waals surface area contributed by atoms with Crippen molar-refractivity contribution in [1.82, 2.24) is 5.32 Å². The Morgan fingerprint density at radius 2 is 1.94 bits per heavy atom. The Balaban J connectivity index is 1.86. The van der Waals surface area contributed by atoms with Crippen LogP contribution in [0.2, 0.25) is 0 Å². The molecule has 1 aliphatic heterocycles. The molecule has 0 radical (unpaired) electrons. The van der Waals surface area contributed by atoms with Crippen molar-refractivity contribution >= 4 is 0 Å². The van der Waals surface area contributed by atoms with E-state index in [0.717, 1.165) is 19.7 Å². The predicted octanol–water partition coefficient (Wildman–Crippen LogP) is 3.25. The van der Waals surface area contributed by atoms with Crippen molar-refractivity contribution in [3.63, 3.8) is 0 Å². The van der Waals surface area contributed by atoms with E-state index in [9.17, 15) is 0 Å². The van der Waals surface area contributed by atoms with Gasteiger partial charge in [-0.1, -0.05) is 45.0 Å². The molecule has 1 fully saturated rings. The fourth-order valence-corrected chi connectivity index (χ4v) is 2.28. The van der Waals surface area contributed by atoms with Gasteiger partial charge in [0.25, 0.3) is 0 Å². The molecule has 0 spiro atoms. The van der Waals surface area contributed by atoms with Crippen molar-refractivity contribution in [3.8, 4) is 0 Å². The lowest BCUT2D eigenvalue weighted by Gasteiger charge is -2.23. The lowest BCUT2D eigenvalue weighted by atomic mass is 9.87. The largest absolute Gasteiger partial charge is 0.372 e. The van der Waals surface area contributed by atoms with E-state index in [-0.39, 0.29) is 5.41 Å². The van der Waals surface area contributed by atoms with Gasteiger partial charge in [-0.05, 0) is 35.9 Å².